The van der Waals surface area contributed by atoms with Crippen molar-refractivity contribution in [2.45, 2.75) is 25.7 Å². The van der Waals surface area contributed by atoms with E-state index < -0.39 is 0 Å². The highest BCUT2D eigenvalue weighted by atomic mass is 79.9. The zero-order valence-electron chi connectivity index (χ0n) is 12.3. The summed E-state index contributed by atoms with van der Waals surface area (Å²) in [6.07, 6.45) is 5.40. The van der Waals surface area contributed by atoms with E-state index in [0.717, 1.165) is 22.5 Å². The van der Waals surface area contributed by atoms with Crippen LogP contribution in [-0.4, -0.2) is 41.9 Å². The standard InChI is InChI=1S/C16H23BrN2OS/c17-14-5-7-15(8-6-14)18-16(20)13-21-12-11-19-9-3-1-2-4-10-19/h5-8H,1-4,9-13H2,(H,18,20). The monoisotopic (exact) mass is 370 g/mol. The highest BCUT2D eigenvalue weighted by Gasteiger charge is 2.09. The molecular formula is C16H23BrN2OS. The molecule has 1 N–H and O–H groups in total. The largest absolute Gasteiger partial charge is 0.325 e. The SMILES string of the molecule is O=C(CSCCN1CCCCCC1)Nc1ccc(Br)cc1. The van der Waals surface area contributed by atoms with Crippen molar-refractivity contribution in [3.63, 3.8) is 0 Å². The van der Waals surface area contributed by atoms with Crippen LogP contribution in [0.5, 0.6) is 0 Å². The topological polar surface area (TPSA) is 32.3 Å². The summed E-state index contributed by atoms with van der Waals surface area (Å²) in [5.74, 6) is 1.65. The Morgan fingerprint density at radius 1 is 1.14 bits per heavy atom. The number of carbonyl (C=O) groups excluding carboxylic acids is 1. The minimum Gasteiger partial charge on any atom is -0.325 e. The molecule has 1 aromatic rings. The third-order valence-corrected chi connectivity index (χ3v) is 5.08. The van der Waals surface area contributed by atoms with Crippen molar-refractivity contribution in [1.29, 1.82) is 0 Å². The molecule has 0 atom stereocenters. The van der Waals surface area contributed by atoms with E-state index in [1.54, 1.807) is 11.8 Å². The number of thioether (sulfide) groups is 1. The molecule has 1 heterocycles. The summed E-state index contributed by atoms with van der Waals surface area (Å²) >= 11 is 5.11. The Morgan fingerprint density at radius 3 is 2.48 bits per heavy atom. The summed E-state index contributed by atoms with van der Waals surface area (Å²) in [5.41, 5.74) is 0.858. The molecule has 1 aliphatic rings. The second-order valence-corrected chi connectivity index (χ2v) is 7.38. The molecule has 21 heavy (non-hydrogen) atoms. The summed E-state index contributed by atoms with van der Waals surface area (Å²) in [7, 11) is 0. The van der Waals surface area contributed by atoms with E-state index in [-0.39, 0.29) is 5.91 Å². The van der Waals surface area contributed by atoms with Gasteiger partial charge in [0.15, 0.2) is 0 Å². The number of likely N-dealkylation sites (tertiary alicyclic amines) is 1. The van der Waals surface area contributed by atoms with Crippen LogP contribution < -0.4 is 5.32 Å². The van der Waals surface area contributed by atoms with Crippen molar-refractivity contribution in [3.05, 3.63) is 28.7 Å². The first kappa shape index (κ1) is 16.8. The molecule has 1 aromatic carbocycles. The normalized spacial score (nSPS) is 16.4. The number of halogens is 1. The molecule has 0 saturated carbocycles. The average Bonchev–Trinajstić information content (AvgIpc) is 2.75. The molecule has 2 rings (SSSR count). The predicted molar refractivity (Wildman–Crippen MR) is 95.0 cm³/mol. The number of amides is 1. The summed E-state index contributed by atoms with van der Waals surface area (Å²) in [6.45, 7) is 3.56. The number of carbonyl (C=O) groups is 1. The zero-order chi connectivity index (χ0) is 14.9. The second-order valence-electron chi connectivity index (χ2n) is 5.36. The Kier molecular flexibility index (Phi) is 7.61. The molecule has 0 aliphatic carbocycles. The molecule has 0 bridgehead atoms. The third kappa shape index (κ3) is 6.85. The van der Waals surface area contributed by atoms with Crippen molar-refractivity contribution < 1.29 is 4.79 Å². The van der Waals surface area contributed by atoms with Gasteiger partial charge in [0.25, 0.3) is 0 Å². The van der Waals surface area contributed by atoms with Crippen LogP contribution in [0.3, 0.4) is 0 Å². The van der Waals surface area contributed by atoms with Gasteiger partial charge in [0.1, 0.15) is 0 Å². The van der Waals surface area contributed by atoms with Crippen molar-refractivity contribution in [3.8, 4) is 0 Å². The summed E-state index contributed by atoms with van der Waals surface area (Å²) in [5, 5.41) is 2.92. The fraction of sp³-hybridized carbons (Fsp3) is 0.562. The first-order chi connectivity index (χ1) is 10.2. The molecule has 116 valence electrons. The van der Waals surface area contributed by atoms with Gasteiger partial charge in [-0.1, -0.05) is 28.8 Å². The molecule has 1 saturated heterocycles. The highest BCUT2D eigenvalue weighted by molar-refractivity contribution is 9.10. The van der Waals surface area contributed by atoms with Gasteiger partial charge in [-0.25, -0.2) is 0 Å². The molecule has 5 heteroatoms. The summed E-state index contributed by atoms with van der Waals surface area (Å²) in [4.78, 5) is 14.4. The zero-order valence-corrected chi connectivity index (χ0v) is 14.7. The lowest BCUT2D eigenvalue weighted by Gasteiger charge is -2.19. The van der Waals surface area contributed by atoms with E-state index in [9.17, 15) is 4.79 Å². The van der Waals surface area contributed by atoms with Gasteiger partial charge in [0, 0.05) is 22.5 Å². The number of nitrogens with zero attached hydrogens (tertiary/aromatic N) is 1. The molecule has 1 amide bonds. The lowest BCUT2D eigenvalue weighted by Crippen LogP contribution is -2.27. The van der Waals surface area contributed by atoms with Gasteiger partial charge in [0.05, 0.1) is 5.75 Å². The number of benzene rings is 1. The average molecular weight is 371 g/mol. The first-order valence-electron chi connectivity index (χ1n) is 7.59. The fourth-order valence-corrected chi connectivity index (χ4v) is 3.50. The number of rotatable bonds is 6. The van der Waals surface area contributed by atoms with Gasteiger partial charge in [-0.2, -0.15) is 11.8 Å². The Hall–Kier alpha value is -0.520. The number of hydrogen-bond acceptors (Lipinski definition) is 3. The van der Waals surface area contributed by atoms with Gasteiger partial charge in [-0.3, -0.25) is 4.79 Å². The first-order valence-corrected chi connectivity index (χ1v) is 9.54. The molecule has 0 unspecified atom stereocenters. The summed E-state index contributed by atoms with van der Waals surface area (Å²) in [6, 6.07) is 7.68. The van der Waals surface area contributed by atoms with Gasteiger partial charge in [-0.15, -0.1) is 0 Å². The van der Waals surface area contributed by atoms with Gasteiger partial charge in [-0.05, 0) is 50.2 Å². The maximum atomic E-state index is 11.8. The van der Waals surface area contributed by atoms with E-state index in [1.165, 1.54) is 38.8 Å². The van der Waals surface area contributed by atoms with Crippen LogP contribution in [0, 0.1) is 0 Å². The van der Waals surface area contributed by atoms with E-state index in [4.69, 9.17) is 0 Å². The minimum atomic E-state index is 0.0817. The molecule has 0 radical (unpaired) electrons. The lowest BCUT2D eigenvalue weighted by atomic mass is 10.2. The van der Waals surface area contributed by atoms with E-state index >= 15 is 0 Å². The van der Waals surface area contributed by atoms with Crippen LogP contribution in [-0.2, 0) is 4.79 Å². The van der Waals surface area contributed by atoms with Crippen LogP contribution >= 0.6 is 27.7 Å². The van der Waals surface area contributed by atoms with Gasteiger partial charge >= 0.3 is 0 Å². The Labute approximate surface area is 140 Å². The maximum Gasteiger partial charge on any atom is 0.234 e. The van der Waals surface area contributed by atoms with Gasteiger partial charge < -0.3 is 10.2 Å². The number of anilines is 1. The molecule has 1 aliphatic heterocycles. The van der Waals surface area contributed by atoms with Gasteiger partial charge in [0.2, 0.25) is 5.91 Å². The lowest BCUT2D eigenvalue weighted by molar-refractivity contribution is -0.113. The Balaban J connectivity index is 1.59. The Morgan fingerprint density at radius 2 is 1.81 bits per heavy atom. The van der Waals surface area contributed by atoms with Crippen LogP contribution in [0.25, 0.3) is 0 Å². The highest BCUT2D eigenvalue weighted by Crippen LogP contribution is 2.15. The fourth-order valence-electron chi connectivity index (χ4n) is 2.45. The second kappa shape index (κ2) is 9.49. The predicted octanol–water partition coefficient (Wildman–Crippen LogP) is 4.00. The van der Waals surface area contributed by atoms with E-state index in [2.05, 4.69) is 26.1 Å². The quantitative estimate of drug-likeness (QED) is 0.768. The molecule has 3 nitrogen and oxygen atoms in total. The van der Waals surface area contributed by atoms with Crippen LogP contribution in [0.1, 0.15) is 25.7 Å². The minimum absolute atomic E-state index is 0.0817. The third-order valence-electron chi connectivity index (χ3n) is 3.61. The van der Waals surface area contributed by atoms with Crippen LogP contribution in [0.15, 0.2) is 28.7 Å². The van der Waals surface area contributed by atoms with E-state index in [0.29, 0.717) is 5.75 Å². The number of nitrogens with one attached hydrogen (secondary N) is 1. The molecular weight excluding hydrogens is 348 g/mol. The van der Waals surface area contributed by atoms with Crippen molar-refractivity contribution in [2.24, 2.45) is 0 Å². The smallest absolute Gasteiger partial charge is 0.234 e. The van der Waals surface area contributed by atoms with Crippen molar-refractivity contribution in [1.82, 2.24) is 4.90 Å². The molecule has 0 spiro atoms. The maximum absolute atomic E-state index is 11.8. The van der Waals surface area contributed by atoms with Crippen LogP contribution in [0.4, 0.5) is 5.69 Å². The van der Waals surface area contributed by atoms with Crippen molar-refractivity contribution >= 4 is 39.3 Å². The molecule has 0 aromatic heterocycles. The molecule has 1 fully saturated rings. The Bertz CT molecular complexity index is 430. The van der Waals surface area contributed by atoms with E-state index in [1.807, 2.05) is 24.3 Å². The number of hydrogen-bond donors (Lipinski definition) is 1. The van der Waals surface area contributed by atoms with Crippen LogP contribution in [0.2, 0.25) is 0 Å². The van der Waals surface area contributed by atoms with Crippen molar-refractivity contribution in [2.75, 3.05) is 36.5 Å². The summed E-state index contributed by atoms with van der Waals surface area (Å²) < 4.78 is 1.02.